The zero-order valence-corrected chi connectivity index (χ0v) is 18.9. The first kappa shape index (κ1) is 20.6. The van der Waals surface area contributed by atoms with Gasteiger partial charge < -0.3 is 19.3 Å². The van der Waals surface area contributed by atoms with Gasteiger partial charge in [-0.2, -0.15) is 10.1 Å². The van der Waals surface area contributed by atoms with Crippen LogP contribution in [-0.4, -0.2) is 63.6 Å². The van der Waals surface area contributed by atoms with Crippen LogP contribution >= 0.6 is 11.6 Å². The predicted octanol–water partition coefficient (Wildman–Crippen LogP) is 4.16. The summed E-state index contributed by atoms with van der Waals surface area (Å²) >= 11 is 6.05. The first-order valence-electron chi connectivity index (χ1n) is 10.8. The molecule has 2 bridgehead atoms. The molecule has 2 aromatic heterocycles. The molecular weight excluding hydrogens is 425 g/mol. The molecule has 1 amide bonds. The third-order valence-electron chi connectivity index (χ3n) is 6.21. The van der Waals surface area contributed by atoms with Gasteiger partial charge in [0.2, 0.25) is 5.88 Å². The Kier molecular flexibility index (Phi) is 4.73. The van der Waals surface area contributed by atoms with Crippen LogP contribution in [-0.2, 0) is 4.74 Å². The predicted molar refractivity (Wildman–Crippen MR) is 114 cm³/mol. The lowest BCUT2D eigenvalue weighted by Gasteiger charge is -2.51. The van der Waals surface area contributed by atoms with E-state index in [1.54, 1.807) is 4.68 Å². The maximum absolute atomic E-state index is 15.1. The summed E-state index contributed by atoms with van der Waals surface area (Å²) in [5, 5.41) is 5.16. The molecule has 2 atom stereocenters. The molecule has 3 aliphatic heterocycles. The molecule has 1 aliphatic carbocycles. The summed E-state index contributed by atoms with van der Waals surface area (Å²) in [6.45, 7) is 6.76. The summed E-state index contributed by atoms with van der Waals surface area (Å²) in [6.07, 6.45) is 3.45. The van der Waals surface area contributed by atoms with Gasteiger partial charge in [0.25, 0.3) is 0 Å². The highest BCUT2D eigenvalue weighted by Gasteiger charge is 2.45. The van der Waals surface area contributed by atoms with E-state index in [-0.39, 0.29) is 35.3 Å². The van der Waals surface area contributed by atoms with Crippen molar-refractivity contribution in [3.63, 3.8) is 0 Å². The quantitative estimate of drug-likeness (QED) is 0.652. The number of hydrogen-bond acceptors (Lipinski definition) is 6. The van der Waals surface area contributed by atoms with Gasteiger partial charge >= 0.3 is 6.09 Å². The van der Waals surface area contributed by atoms with Crippen molar-refractivity contribution in [3.05, 3.63) is 11.0 Å². The van der Waals surface area contributed by atoms with E-state index >= 15 is 4.39 Å². The van der Waals surface area contributed by atoms with E-state index in [0.29, 0.717) is 29.8 Å². The summed E-state index contributed by atoms with van der Waals surface area (Å²) in [5.41, 5.74) is -0.192. The van der Waals surface area contributed by atoms with Crippen LogP contribution in [0.5, 0.6) is 5.88 Å². The fourth-order valence-electron chi connectivity index (χ4n) is 4.69. The molecular formula is C21H27ClFN5O3. The Morgan fingerprint density at radius 2 is 1.81 bits per heavy atom. The monoisotopic (exact) mass is 451 g/mol. The average Bonchev–Trinajstić information content (AvgIpc) is 3.49. The van der Waals surface area contributed by atoms with Crippen molar-refractivity contribution < 1.29 is 18.7 Å². The van der Waals surface area contributed by atoms with Crippen LogP contribution in [0.3, 0.4) is 0 Å². The van der Waals surface area contributed by atoms with Gasteiger partial charge in [-0.15, -0.1) is 0 Å². The molecule has 8 nitrogen and oxygen atoms in total. The maximum Gasteiger partial charge on any atom is 0.410 e. The van der Waals surface area contributed by atoms with Crippen molar-refractivity contribution >= 4 is 34.4 Å². The van der Waals surface area contributed by atoms with E-state index < -0.39 is 11.4 Å². The minimum atomic E-state index is -0.569. The second kappa shape index (κ2) is 7.12. The minimum absolute atomic E-state index is 0.0112. The van der Waals surface area contributed by atoms with Gasteiger partial charge in [-0.3, -0.25) is 4.68 Å². The SMILES string of the molecule is COc1nc(Cl)c(F)c2c1c(N1C[C@@H]3CC[C@H]1CN3C(=O)OC(C)(C)C)nn2C1CC1. The number of amides is 1. The van der Waals surface area contributed by atoms with E-state index in [4.69, 9.17) is 26.2 Å². The third kappa shape index (κ3) is 3.46. The lowest BCUT2D eigenvalue weighted by Crippen LogP contribution is -2.64. The number of piperazine rings is 1. The number of fused-ring (bicyclic) bond motifs is 4. The first-order chi connectivity index (χ1) is 14.7. The second-order valence-electron chi connectivity index (χ2n) is 9.62. The Morgan fingerprint density at radius 3 is 2.39 bits per heavy atom. The van der Waals surface area contributed by atoms with Gasteiger partial charge in [-0.25, -0.2) is 9.18 Å². The zero-order chi connectivity index (χ0) is 22.1. The van der Waals surface area contributed by atoms with E-state index in [1.807, 2.05) is 25.7 Å². The Bertz CT molecular complexity index is 1050. The minimum Gasteiger partial charge on any atom is -0.480 e. The molecule has 2 aromatic rings. The van der Waals surface area contributed by atoms with Crippen molar-refractivity contribution in [2.75, 3.05) is 25.1 Å². The van der Waals surface area contributed by atoms with E-state index in [1.165, 1.54) is 7.11 Å². The molecule has 0 aromatic carbocycles. The molecule has 10 heteroatoms. The molecule has 0 radical (unpaired) electrons. The van der Waals surface area contributed by atoms with Gasteiger partial charge in [0.05, 0.1) is 19.2 Å². The standard InChI is InChI=1S/C21H27ClFN5O3/c1-21(2,3)31-20(29)27-10-12-7-8-13(27)9-26(12)18-14-16(28(25-18)11-5-6-11)15(23)17(22)24-19(14)30-4/h11-13H,5-10H2,1-4H3/t12-,13-/m0/s1. The zero-order valence-electron chi connectivity index (χ0n) is 18.2. The topological polar surface area (TPSA) is 72.7 Å². The Hall–Kier alpha value is -2.29. The van der Waals surface area contributed by atoms with Crippen LogP contribution in [0.4, 0.5) is 15.0 Å². The molecule has 1 saturated carbocycles. The van der Waals surface area contributed by atoms with Crippen molar-refractivity contribution in [2.45, 2.75) is 70.2 Å². The van der Waals surface area contributed by atoms with Crippen LogP contribution in [0.2, 0.25) is 5.15 Å². The fraction of sp³-hybridized carbons (Fsp3) is 0.667. The van der Waals surface area contributed by atoms with Crippen LogP contribution in [0.25, 0.3) is 10.9 Å². The number of pyridine rings is 1. The average molecular weight is 452 g/mol. The van der Waals surface area contributed by atoms with Crippen LogP contribution in [0.15, 0.2) is 0 Å². The van der Waals surface area contributed by atoms with E-state index in [9.17, 15) is 4.79 Å². The van der Waals surface area contributed by atoms with Crippen LogP contribution in [0, 0.1) is 5.82 Å². The third-order valence-corrected chi connectivity index (χ3v) is 6.46. The summed E-state index contributed by atoms with van der Waals surface area (Å²) in [4.78, 5) is 20.8. The highest BCUT2D eigenvalue weighted by molar-refractivity contribution is 6.30. The molecule has 168 valence electrons. The van der Waals surface area contributed by atoms with Gasteiger partial charge in [-0.1, -0.05) is 11.6 Å². The Morgan fingerprint density at radius 1 is 1.13 bits per heavy atom. The molecule has 0 unspecified atom stereocenters. The molecule has 0 spiro atoms. The number of aromatic nitrogens is 3. The number of anilines is 1. The van der Waals surface area contributed by atoms with Gasteiger partial charge in [-0.05, 0) is 46.5 Å². The van der Waals surface area contributed by atoms with Crippen molar-refractivity contribution in [1.82, 2.24) is 19.7 Å². The summed E-state index contributed by atoms with van der Waals surface area (Å²) in [6, 6.07) is 0.234. The molecule has 5 heterocycles. The smallest absolute Gasteiger partial charge is 0.410 e. The van der Waals surface area contributed by atoms with Crippen molar-refractivity contribution in [1.29, 1.82) is 0 Å². The molecule has 4 fully saturated rings. The summed E-state index contributed by atoms with van der Waals surface area (Å²) in [7, 11) is 1.50. The summed E-state index contributed by atoms with van der Waals surface area (Å²) in [5.74, 6) is 0.356. The number of carbonyl (C=O) groups is 1. The second-order valence-corrected chi connectivity index (χ2v) is 9.98. The molecule has 3 saturated heterocycles. The number of halogens is 2. The molecule has 6 rings (SSSR count). The van der Waals surface area contributed by atoms with Gasteiger partial charge in [0.1, 0.15) is 16.5 Å². The number of ether oxygens (including phenoxy) is 2. The molecule has 31 heavy (non-hydrogen) atoms. The number of nitrogens with zero attached hydrogens (tertiary/aromatic N) is 5. The normalized spacial score (nSPS) is 23.5. The first-order valence-corrected chi connectivity index (χ1v) is 11.1. The van der Waals surface area contributed by atoms with Crippen molar-refractivity contribution in [3.8, 4) is 5.88 Å². The maximum atomic E-state index is 15.1. The number of methoxy groups -OCH3 is 1. The van der Waals surface area contributed by atoms with E-state index in [2.05, 4.69) is 9.88 Å². The number of carbonyl (C=O) groups excluding carboxylic acids is 1. The van der Waals surface area contributed by atoms with Crippen LogP contribution in [0.1, 0.15) is 52.5 Å². The Balaban J connectivity index is 1.53. The van der Waals surface area contributed by atoms with Crippen LogP contribution < -0.4 is 9.64 Å². The lowest BCUT2D eigenvalue weighted by atomic mass is 9.91. The number of hydrogen-bond donors (Lipinski definition) is 0. The number of rotatable bonds is 3. The lowest BCUT2D eigenvalue weighted by molar-refractivity contribution is 0.000801. The van der Waals surface area contributed by atoms with Gasteiger partial charge in [0, 0.05) is 19.1 Å². The molecule has 4 aliphatic rings. The number of piperidine rings is 2. The largest absolute Gasteiger partial charge is 0.480 e. The fourth-order valence-corrected chi connectivity index (χ4v) is 4.85. The molecule has 0 N–H and O–H groups in total. The van der Waals surface area contributed by atoms with E-state index in [0.717, 1.165) is 25.7 Å². The van der Waals surface area contributed by atoms with Gasteiger partial charge in [0.15, 0.2) is 16.8 Å². The summed E-state index contributed by atoms with van der Waals surface area (Å²) < 4.78 is 27.9. The Labute approximate surface area is 185 Å². The van der Waals surface area contributed by atoms with Crippen molar-refractivity contribution in [2.24, 2.45) is 0 Å². The highest BCUT2D eigenvalue weighted by Crippen LogP contribution is 2.45. The highest BCUT2D eigenvalue weighted by atomic mass is 35.5.